The van der Waals surface area contributed by atoms with Crippen molar-refractivity contribution in [1.29, 1.82) is 0 Å². The van der Waals surface area contributed by atoms with Gasteiger partial charge in [0.25, 0.3) is 0 Å². The molecule has 0 bridgehead atoms. The first-order chi connectivity index (χ1) is 10.9. The Morgan fingerprint density at radius 1 is 1.38 bits per heavy atom. The fourth-order valence-corrected chi connectivity index (χ4v) is 2.37. The Bertz CT molecular complexity index is 585. The number of guanidine groups is 1. The molecule has 5 nitrogen and oxygen atoms in total. The molecule has 1 aromatic carbocycles. The van der Waals surface area contributed by atoms with E-state index < -0.39 is 0 Å². The van der Waals surface area contributed by atoms with Gasteiger partial charge in [0.15, 0.2) is 12.8 Å². The van der Waals surface area contributed by atoms with E-state index in [1.54, 1.807) is 18.8 Å². The largest absolute Gasteiger partial charge is 0.467 e. The molecule has 0 atom stereocenters. The molecular weight excluding hydrogens is 444 g/mol. The smallest absolute Gasteiger partial charge is 0.191 e. The minimum atomic E-state index is -0.291. The van der Waals surface area contributed by atoms with E-state index in [1.165, 1.54) is 12.1 Å². The number of thioether (sulfide) groups is 1. The van der Waals surface area contributed by atoms with E-state index in [9.17, 15) is 4.39 Å². The number of fused-ring (bicyclic) bond motifs is 1. The van der Waals surface area contributed by atoms with Gasteiger partial charge in [-0.1, -0.05) is 0 Å². The highest BCUT2D eigenvalue weighted by molar-refractivity contribution is 14.0. The molecule has 0 aromatic heterocycles. The normalized spacial score (nSPS) is 14.3. The van der Waals surface area contributed by atoms with Gasteiger partial charge in [0.1, 0.15) is 11.6 Å². The minimum Gasteiger partial charge on any atom is -0.467 e. The number of benzene rings is 1. The van der Waals surface area contributed by atoms with Crippen LogP contribution in [0.1, 0.15) is 25.0 Å². The minimum absolute atomic E-state index is 0. The summed E-state index contributed by atoms with van der Waals surface area (Å²) in [7, 11) is 1.72. The summed E-state index contributed by atoms with van der Waals surface area (Å²) in [5, 5.41) is 6.49. The average molecular weight is 469 g/mol. The second-order valence-corrected chi connectivity index (χ2v) is 7.42. The number of halogens is 2. The lowest BCUT2D eigenvalue weighted by atomic mass is 10.1. The van der Waals surface area contributed by atoms with Crippen LogP contribution in [-0.4, -0.2) is 37.3 Å². The first kappa shape index (κ1) is 21.3. The SMILES string of the molecule is CN=C(NCc1cc(F)cc2c1OCOC2)NCC(C)(C)SC.I. The molecule has 0 radical (unpaired) electrons. The van der Waals surface area contributed by atoms with Crippen molar-refractivity contribution >= 4 is 41.7 Å². The van der Waals surface area contributed by atoms with Gasteiger partial charge < -0.3 is 20.1 Å². The lowest BCUT2D eigenvalue weighted by Crippen LogP contribution is -2.43. The zero-order valence-corrected chi connectivity index (χ0v) is 17.6. The highest BCUT2D eigenvalue weighted by Gasteiger charge is 2.18. The Kier molecular flexibility index (Phi) is 8.58. The van der Waals surface area contributed by atoms with Crippen LogP contribution in [0.5, 0.6) is 5.75 Å². The predicted octanol–water partition coefficient (Wildman–Crippen LogP) is 3.12. The Balaban J connectivity index is 0.00000288. The van der Waals surface area contributed by atoms with Crippen LogP contribution in [0.4, 0.5) is 4.39 Å². The maximum Gasteiger partial charge on any atom is 0.191 e. The number of aliphatic imine (C=N–C) groups is 1. The Hall–Kier alpha value is -0.740. The van der Waals surface area contributed by atoms with Crippen LogP contribution in [-0.2, 0) is 17.9 Å². The molecule has 1 aliphatic rings. The molecular formula is C16H25FIN3O2S. The molecule has 136 valence electrons. The van der Waals surface area contributed by atoms with E-state index in [0.29, 0.717) is 24.9 Å². The van der Waals surface area contributed by atoms with Crippen molar-refractivity contribution in [2.24, 2.45) is 4.99 Å². The summed E-state index contributed by atoms with van der Waals surface area (Å²) in [6.07, 6.45) is 2.08. The van der Waals surface area contributed by atoms with Crippen LogP contribution in [0.25, 0.3) is 0 Å². The van der Waals surface area contributed by atoms with Crippen molar-refractivity contribution in [3.05, 3.63) is 29.1 Å². The third-order valence-electron chi connectivity index (χ3n) is 3.66. The van der Waals surface area contributed by atoms with Gasteiger partial charge >= 0.3 is 0 Å². The Morgan fingerprint density at radius 2 is 2.12 bits per heavy atom. The summed E-state index contributed by atoms with van der Waals surface area (Å²) in [6, 6.07) is 2.93. The van der Waals surface area contributed by atoms with E-state index in [-0.39, 0.29) is 41.3 Å². The van der Waals surface area contributed by atoms with E-state index in [4.69, 9.17) is 9.47 Å². The van der Waals surface area contributed by atoms with Gasteiger partial charge in [0, 0.05) is 36.0 Å². The summed E-state index contributed by atoms with van der Waals surface area (Å²) >= 11 is 1.79. The third kappa shape index (κ3) is 5.96. The summed E-state index contributed by atoms with van der Waals surface area (Å²) in [5.41, 5.74) is 1.50. The molecule has 0 aliphatic carbocycles. The number of ether oxygens (including phenoxy) is 2. The maximum atomic E-state index is 13.7. The van der Waals surface area contributed by atoms with Crippen molar-refractivity contribution in [3.8, 4) is 5.75 Å². The standard InChI is InChI=1S/C16H24FN3O2S.HI/c1-16(2,23-4)9-20-15(18-3)19-7-11-5-13(17)6-12-8-21-10-22-14(11)12;/h5-6H,7-10H2,1-4H3,(H2,18,19,20);1H. The summed E-state index contributed by atoms with van der Waals surface area (Å²) < 4.78 is 24.5. The lowest BCUT2D eigenvalue weighted by molar-refractivity contribution is -0.0172. The first-order valence-electron chi connectivity index (χ1n) is 7.46. The monoisotopic (exact) mass is 469 g/mol. The molecule has 0 unspecified atom stereocenters. The highest BCUT2D eigenvalue weighted by atomic mass is 127. The van der Waals surface area contributed by atoms with Crippen LogP contribution in [0.3, 0.4) is 0 Å². The van der Waals surface area contributed by atoms with Gasteiger partial charge in [-0.15, -0.1) is 24.0 Å². The molecule has 0 amide bonds. The highest BCUT2D eigenvalue weighted by Crippen LogP contribution is 2.29. The molecule has 0 fully saturated rings. The number of nitrogens with one attached hydrogen (secondary N) is 2. The van der Waals surface area contributed by atoms with Crippen molar-refractivity contribution in [2.45, 2.75) is 31.7 Å². The number of hydrogen-bond donors (Lipinski definition) is 2. The third-order valence-corrected chi connectivity index (χ3v) is 4.91. The molecule has 24 heavy (non-hydrogen) atoms. The van der Waals surface area contributed by atoms with Gasteiger partial charge in [0.2, 0.25) is 0 Å². The average Bonchev–Trinajstić information content (AvgIpc) is 2.54. The zero-order chi connectivity index (χ0) is 16.9. The van der Waals surface area contributed by atoms with Crippen LogP contribution < -0.4 is 15.4 Å². The van der Waals surface area contributed by atoms with Gasteiger partial charge in [-0.25, -0.2) is 4.39 Å². The van der Waals surface area contributed by atoms with Crippen molar-refractivity contribution in [1.82, 2.24) is 10.6 Å². The van der Waals surface area contributed by atoms with Crippen LogP contribution in [0, 0.1) is 5.82 Å². The Labute approximate surface area is 164 Å². The fourth-order valence-electron chi connectivity index (χ4n) is 2.16. The topological polar surface area (TPSA) is 54.9 Å². The van der Waals surface area contributed by atoms with Crippen molar-refractivity contribution in [2.75, 3.05) is 26.6 Å². The molecule has 8 heteroatoms. The van der Waals surface area contributed by atoms with Crippen LogP contribution >= 0.6 is 35.7 Å². The number of nitrogens with zero attached hydrogens (tertiary/aromatic N) is 1. The number of hydrogen-bond acceptors (Lipinski definition) is 4. The quantitative estimate of drug-likeness (QED) is 0.395. The Morgan fingerprint density at radius 3 is 2.79 bits per heavy atom. The van der Waals surface area contributed by atoms with E-state index in [2.05, 4.69) is 35.7 Å². The van der Waals surface area contributed by atoms with Crippen molar-refractivity contribution in [3.63, 3.8) is 0 Å². The predicted molar refractivity (Wildman–Crippen MR) is 108 cm³/mol. The summed E-state index contributed by atoms with van der Waals surface area (Å²) in [4.78, 5) is 4.20. The van der Waals surface area contributed by atoms with Gasteiger partial charge in [-0.3, -0.25) is 4.99 Å². The van der Waals surface area contributed by atoms with Crippen LogP contribution in [0.15, 0.2) is 17.1 Å². The van der Waals surface area contributed by atoms with E-state index in [1.807, 2.05) is 0 Å². The van der Waals surface area contributed by atoms with E-state index >= 15 is 0 Å². The molecule has 1 aliphatic heterocycles. The molecule has 0 spiro atoms. The summed E-state index contributed by atoms with van der Waals surface area (Å²) in [6.45, 7) is 6.10. The molecule has 2 rings (SSSR count). The van der Waals surface area contributed by atoms with Gasteiger partial charge in [-0.2, -0.15) is 11.8 Å². The molecule has 2 N–H and O–H groups in total. The second kappa shape index (κ2) is 9.67. The molecule has 1 heterocycles. The first-order valence-corrected chi connectivity index (χ1v) is 8.69. The molecule has 1 aromatic rings. The molecule has 0 saturated carbocycles. The lowest BCUT2D eigenvalue weighted by Gasteiger charge is -2.24. The van der Waals surface area contributed by atoms with Gasteiger partial charge in [0.05, 0.1) is 6.61 Å². The maximum absolute atomic E-state index is 13.7. The van der Waals surface area contributed by atoms with Gasteiger partial charge in [-0.05, 0) is 32.2 Å². The van der Waals surface area contributed by atoms with Crippen molar-refractivity contribution < 1.29 is 13.9 Å². The van der Waals surface area contributed by atoms with Crippen LogP contribution in [0.2, 0.25) is 0 Å². The number of rotatable bonds is 5. The van der Waals surface area contributed by atoms with E-state index in [0.717, 1.165) is 17.7 Å². The summed E-state index contributed by atoms with van der Waals surface area (Å²) in [5.74, 6) is 1.09. The molecule has 0 saturated heterocycles. The fraction of sp³-hybridized carbons (Fsp3) is 0.562. The second-order valence-electron chi connectivity index (χ2n) is 5.91. The zero-order valence-electron chi connectivity index (χ0n) is 14.4.